The van der Waals surface area contributed by atoms with Crippen LogP contribution in [-0.2, 0) is 0 Å². The first-order valence-corrected chi connectivity index (χ1v) is 5.55. The second-order valence-electron chi connectivity index (χ2n) is 3.98. The molecule has 3 nitrogen and oxygen atoms in total. The quantitative estimate of drug-likeness (QED) is 0.748. The number of hydrogen-bond donors (Lipinski definition) is 1. The molecule has 0 amide bonds. The van der Waals surface area contributed by atoms with Gasteiger partial charge in [-0.3, -0.25) is 0 Å². The Morgan fingerprint density at radius 3 is 2.83 bits per heavy atom. The van der Waals surface area contributed by atoms with E-state index in [9.17, 15) is 4.39 Å². The Bertz CT molecular complexity index is 689. The third-order valence-corrected chi connectivity index (χ3v) is 2.90. The van der Waals surface area contributed by atoms with E-state index in [1.165, 1.54) is 12.1 Å². The molecular weight excluding hydrogens is 231 g/mol. The van der Waals surface area contributed by atoms with Crippen molar-refractivity contribution in [2.45, 2.75) is 0 Å². The molecular formula is C14H11FN2O. The smallest absolute Gasteiger partial charge is 0.212 e. The lowest BCUT2D eigenvalue weighted by atomic mass is 10.1. The summed E-state index contributed by atoms with van der Waals surface area (Å²) in [6, 6.07) is 8.43. The van der Waals surface area contributed by atoms with Crippen molar-refractivity contribution in [1.29, 1.82) is 0 Å². The number of pyridine rings is 1. The standard InChI is InChI=1S/C14H11FN2O/c1-18-14-5-2-9(7-17-14)12-8-16-13-6-10(15)3-4-11(12)13/h2-8,16H,1H3. The molecule has 2 aromatic heterocycles. The lowest BCUT2D eigenvalue weighted by Crippen LogP contribution is -1.86. The maximum atomic E-state index is 13.1. The number of fused-ring (bicyclic) bond motifs is 1. The van der Waals surface area contributed by atoms with Crippen LogP contribution >= 0.6 is 0 Å². The molecule has 0 fully saturated rings. The van der Waals surface area contributed by atoms with E-state index in [4.69, 9.17) is 4.74 Å². The molecule has 0 radical (unpaired) electrons. The maximum absolute atomic E-state index is 13.1. The minimum absolute atomic E-state index is 0.247. The molecule has 0 saturated carbocycles. The zero-order chi connectivity index (χ0) is 12.5. The Hall–Kier alpha value is -2.36. The minimum Gasteiger partial charge on any atom is -0.481 e. The van der Waals surface area contributed by atoms with Crippen LogP contribution in [0.5, 0.6) is 5.88 Å². The van der Waals surface area contributed by atoms with Crippen LogP contribution in [0.15, 0.2) is 42.7 Å². The van der Waals surface area contributed by atoms with Crippen molar-refractivity contribution < 1.29 is 9.13 Å². The van der Waals surface area contributed by atoms with Gasteiger partial charge in [-0.05, 0) is 24.3 Å². The zero-order valence-corrected chi connectivity index (χ0v) is 9.77. The summed E-state index contributed by atoms with van der Waals surface area (Å²) in [6.45, 7) is 0. The number of aromatic amines is 1. The first kappa shape index (κ1) is 10.8. The van der Waals surface area contributed by atoms with E-state index in [0.29, 0.717) is 5.88 Å². The molecule has 4 heteroatoms. The van der Waals surface area contributed by atoms with Gasteiger partial charge in [0, 0.05) is 40.5 Å². The van der Waals surface area contributed by atoms with Gasteiger partial charge in [-0.2, -0.15) is 0 Å². The van der Waals surface area contributed by atoms with E-state index < -0.39 is 0 Å². The summed E-state index contributed by atoms with van der Waals surface area (Å²) in [7, 11) is 1.58. The summed E-state index contributed by atoms with van der Waals surface area (Å²) in [5, 5.41) is 0.975. The molecule has 0 atom stereocenters. The predicted molar refractivity (Wildman–Crippen MR) is 68.0 cm³/mol. The van der Waals surface area contributed by atoms with E-state index in [-0.39, 0.29) is 5.82 Å². The number of ether oxygens (including phenoxy) is 1. The Morgan fingerprint density at radius 1 is 1.22 bits per heavy atom. The van der Waals surface area contributed by atoms with E-state index in [0.717, 1.165) is 22.0 Å². The first-order valence-electron chi connectivity index (χ1n) is 5.55. The van der Waals surface area contributed by atoms with Crippen molar-refractivity contribution in [3.8, 4) is 17.0 Å². The van der Waals surface area contributed by atoms with E-state index in [1.807, 2.05) is 12.3 Å². The van der Waals surface area contributed by atoms with Gasteiger partial charge >= 0.3 is 0 Å². The summed E-state index contributed by atoms with van der Waals surface area (Å²) < 4.78 is 18.1. The molecule has 0 spiro atoms. The minimum atomic E-state index is -0.247. The maximum Gasteiger partial charge on any atom is 0.212 e. The molecule has 2 heterocycles. The topological polar surface area (TPSA) is 37.9 Å². The average molecular weight is 242 g/mol. The molecule has 1 N–H and O–H groups in total. The lowest BCUT2D eigenvalue weighted by molar-refractivity contribution is 0.398. The van der Waals surface area contributed by atoms with E-state index in [2.05, 4.69) is 9.97 Å². The van der Waals surface area contributed by atoms with Crippen molar-refractivity contribution in [2.24, 2.45) is 0 Å². The molecule has 0 aliphatic carbocycles. The molecule has 3 rings (SSSR count). The Kier molecular flexibility index (Phi) is 2.48. The van der Waals surface area contributed by atoms with Crippen molar-refractivity contribution >= 4 is 10.9 Å². The van der Waals surface area contributed by atoms with Crippen molar-refractivity contribution in [1.82, 2.24) is 9.97 Å². The van der Waals surface area contributed by atoms with Crippen LogP contribution in [0.3, 0.4) is 0 Å². The van der Waals surface area contributed by atoms with Crippen molar-refractivity contribution in [2.75, 3.05) is 7.11 Å². The normalized spacial score (nSPS) is 10.8. The van der Waals surface area contributed by atoms with Gasteiger partial charge < -0.3 is 9.72 Å². The first-order chi connectivity index (χ1) is 8.78. The van der Waals surface area contributed by atoms with Gasteiger partial charge in [0.2, 0.25) is 5.88 Å². The molecule has 3 aromatic rings. The largest absolute Gasteiger partial charge is 0.481 e. The fourth-order valence-corrected chi connectivity index (χ4v) is 2.00. The number of nitrogens with zero attached hydrogens (tertiary/aromatic N) is 1. The molecule has 1 aromatic carbocycles. The van der Waals surface area contributed by atoms with Gasteiger partial charge in [0.25, 0.3) is 0 Å². The number of benzene rings is 1. The van der Waals surface area contributed by atoms with Crippen molar-refractivity contribution in [3.63, 3.8) is 0 Å². The Balaban J connectivity index is 2.13. The van der Waals surface area contributed by atoms with Crippen LogP contribution in [0.2, 0.25) is 0 Å². The van der Waals surface area contributed by atoms with Crippen LogP contribution in [-0.4, -0.2) is 17.1 Å². The second-order valence-corrected chi connectivity index (χ2v) is 3.98. The summed E-state index contributed by atoms with van der Waals surface area (Å²) in [4.78, 5) is 7.22. The van der Waals surface area contributed by atoms with Crippen LogP contribution < -0.4 is 4.74 Å². The lowest BCUT2D eigenvalue weighted by Gasteiger charge is -2.01. The number of H-pyrrole nitrogens is 1. The van der Waals surface area contributed by atoms with Crippen LogP contribution in [0.1, 0.15) is 0 Å². The summed E-state index contributed by atoms with van der Waals surface area (Å²) in [5.41, 5.74) is 2.75. The highest BCUT2D eigenvalue weighted by atomic mass is 19.1. The van der Waals surface area contributed by atoms with E-state index >= 15 is 0 Å². The van der Waals surface area contributed by atoms with E-state index in [1.54, 1.807) is 25.4 Å². The number of nitrogens with one attached hydrogen (secondary N) is 1. The molecule has 18 heavy (non-hydrogen) atoms. The Labute approximate surface area is 103 Å². The number of halogens is 1. The molecule has 0 saturated heterocycles. The predicted octanol–water partition coefficient (Wildman–Crippen LogP) is 3.38. The summed E-state index contributed by atoms with van der Waals surface area (Å²) >= 11 is 0. The molecule has 0 aliphatic rings. The molecule has 0 bridgehead atoms. The van der Waals surface area contributed by atoms with Gasteiger partial charge in [0.05, 0.1) is 7.11 Å². The SMILES string of the molecule is COc1ccc(-c2c[nH]c3cc(F)ccc23)cn1. The van der Waals surface area contributed by atoms with Gasteiger partial charge in [0.15, 0.2) is 0 Å². The van der Waals surface area contributed by atoms with Gasteiger partial charge in [-0.1, -0.05) is 0 Å². The monoisotopic (exact) mass is 242 g/mol. The molecule has 0 unspecified atom stereocenters. The summed E-state index contributed by atoms with van der Waals surface area (Å²) in [6.07, 6.45) is 3.60. The van der Waals surface area contributed by atoms with Gasteiger partial charge in [-0.25, -0.2) is 9.37 Å². The highest BCUT2D eigenvalue weighted by Gasteiger charge is 2.07. The fraction of sp³-hybridized carbons (Fsp3) is 0.0714. The summed E-state index contributed by atoms with van der Waals surface area (Å²) in [5.74, 6) is 0.327. The van der Waals surface area contributed by atoms with Crippen LogP contribution in [0.25, 0.3) is 22.0 Å². The number of aromatic nitrogens is 2. The highest BCUT2D eigenvalue weighted by molar-refractivity contribution is 5.95. The molecule has 0 aliphatic heterocycles. The fourth-order valence-electron chi connectivity index (χ4n) is 2.00. The average Bonchev–Trinajstić information content (AvgIpc) is 2.81. The third kappa shape index (κ3) is 1.72. The van der Waals surface area contributed by atoms with Gasteiger partial charge in [-0.15, -0.1) is 0 Å². The molecule has 90 valence electrons. The Morgan fingerprint density at radius 2 is 2.11 bits per heavy atom. The number of methoxy groups -OCH3 is 1. The third-order valence-electron chi connectivity index (χ3n) is 2.90. The van der Waals surface area contributed by atoms with Crippen LogP contribution in [0.4, 0.5) is 4.39 Å². The highest BCUT2D eigenvalue weighted by Crippen LogP contribution is 2.29. The van der Waals surface area contributed by atoms with Crippen LogP contribution in [0, 0.1) is 5.82 Å². The van der Waals surface area contributed by atoms with Gasteiger partial charge in [0.1, 0.15) is 5.82 Å². The van der Waals surface area contributed by atoms with Crippen molar-refractivity contribution in [3.05, 3.63) is 48.5 Å². The zero-order valence-electron chi connectivity index (χ0n) is 9.77. The number of hydrogen-bond acceptors (Lipinski definition) is 2. The number of rotatable bonds is 2. The second kappa shape index (κ2) is 4.14.